The van der Waals surface area contributed by atoms with E-state index >= 15 is 0 Å². The van der Waals surface area contributed by atoms with Gasteiger partial charge in [0.15, 0.2) is 5.82 Å². The molecule has 3 heterocycles. The second-order valence-electron chi connectivity index (χ2n) is 6.26. The van der Waals surface area contributed by atoms with Crippen molar-refractivity contribution >= 4 is 11.7 Å². The lowest BCUT2D eigenvalue weighted by molar-refractivity contribution is 0.0597. The first-order chi connectivity index (χ1) is 10.9. The third kappa shape index (κ3) is 2.65. The summed E-state index contributed by atoms with van der Waals surface area (Å²) in [4.78, 5) is 28.0. The van der Waals surface area contributed by atoms with Gasteiger partial charge in [-0.25, -0.2) is 9.97 Å². The van der Waals surface area contributed by atoms with Crippen LogP contribution in [-0.2, 0) is 5.54 Å². The van der Waals surface area contributed by atoms with Crippen molar-refractivity contribution in [3.63, 3.8) is 0 Å². The summed E-state index contributed by atoms with van der Waals surface area (Å²) in [5, 5.41) is 0. The number of carbonyl (C=O) groups is 1. The summed E-state index contributed by atoms with van der Waals surface area (Å²) >= 11 is 0. The Labute approximate surface area is 135 Å². The maximum absolute atomic E-state index is 13.0. The van der Waals surface area contributed by atoms with Crippen LogP contribution in [0.2, 0.25) is 0 Å². The van der Waals surface area contributed by atoms with Crippen LogP contribution in [-0.4, -0.2) is 32.3 Å². The Morgan fingerprint density at radius 3 is 2.83 bits per heavy atom. The Morgan fingerprint density at radius 2 is 2.13 bits per heavy atom. The highest BCUT2D eigenvalue weighted by molar-refractivity contribution is 5.94. The van der Waals surface area contributed by atoms with Gasteiger partial charge in [-0.05, 0) is 45.2 Å². The van der Waals surface area contributed by atoms with Gasteiger partial charge in [-0.1, -0.05) is 6.07 Å². The Kier molecular flexibility index (Phi) is 3.75. The Hall–Kier alpha value is -2.50. The van der Waals surface area contributed by atoms with Gasteiger partial charge < -0.3 is 10.6 Å². The molecule has 1 fully saturated rings. The summed E-state index contributed by atoms with van der Waals surface area (Å²) < 4.78 is 0. The molecule has 1 amide bonds. The van der Waals surface area contributed by atoms with E-state index in [0.29, 0.717) is 23.9 Å². The minimum Gasteiger partial charge on any atom is -0.384 e. The van der Waals surface area contributed by atoms with Crippen LogP contribution >= 0.6 is 0 Å². The zero-order valence-corrected chi connectivity index (χ0v) is 13.7. The molecule has 0 bridgehead atoms. The second-order valence-corrected chi connectivity index (χ2v) is 6.26. The van der Waals surface area contributed by atoms with E-state index in [0.717, 1.165) is 24.1 Å². The molecule has 120 valence electrons. The number of hydrogen-bond acceptors (Lipinski definition) is 5. The van der Waals surface area contributed by atoms with Crippen molar-refractivity contribution in [3.05, 3.63) is 47.2 Å². The summed E-state index contributed by atoms with van der Waals surface area (Å²) in [6.07, 6.45) is 3.37. The predicted octanol–water partition coefficient (Wildman–Crippen LogP) is 2.22. The number of carbonyl (C=O) groups excluding carboxylic acids is 1. The van der Waals surface area contributed by atoms with Crippen molar-refractivity contribution in [1.29, 1.82) is 0 Å². The van der Waals surface area contributed by atoms with Crippen LogP contribution in [0.25, 0.3) is 0 Å². The normalized spacial score (nSPS) is 20.7. The van der Waals surface area contributed by atoms with Gasteiger partial charge in [0.05, 0.1) is 0 Å². The lowest BCUT2D eigenvalue weighted by atomic mass is 9.96. The number of likely N-dealkylation sites (tertiary alicyclic amines) is 1. The molecule has 2 aromatic rings. The third-order valence-corrected chi connectivity index (χ3v) is 4.45. The van der Waals surface area contributed by atoms with Crippen LogP contribution in [0.15, 0.2) is 24.4 Å². The number of pyridine rings is 1. The molecule has 6 nitrogen and oxygen atoms in total. The lowest BCUT2D eigenvalue weighted by Gasteiger charge is -2.34. The van der Waals surface area contributed by atoms with Gasteiger partial charge in [-0.2, -0.15) is 0 Å². The molecular weight excluding hydrogens is 290 g/mol. The number of hydrogen-bond donors (Lipinski definition) is 1. The standard InChI is InChI=1S/C17H21N5O/c1-11-6-4-8-19-14(11)15(23)22-9-5-7-17(22,3)16-20-12(2)10-13(18)21-16/h4,6,8,10H,5,7,9H2,1-3H3,(H2,18,20,21). The number of rotatable bonds is 2. The fraction of sp³-hybridized carbons (Fsp3) is 0.412. The van der Waals surface area contributed by atoms with E-state index in [2.05, 4.69) is 15.0 Å². The molecule has 6 heteroatoms. The van der Waals surface area contributed by atoms with Crippen molar-refractivity contribution in [1.82, 2.24) is 19.9 Å². The highest BCUT2D eigenvalue weighted by Gasteiger charge is 2.44. The molecule has 1 saturated heterocycles. The third-order valence-electron chi connectivity index (χ3n) is 4.45. The fourth-order valence-electron chi connectivity index (χ4n) is 3.19. The first-order valence-corrected chi connectivity index (χ1v) is 7.77. The van der Waals surface area contributed by atoms with E-state index in [-0.39, 0.29) is 5.91 Å². The molecule has 2 N–H and O–H groups in total. The van der Waals surface area contributed by atoms with Gasteiger partial charge in [0, 0.05) is 24.5 Å². The molecule has 0 radical (unpaired) electrons. The molecule has 1 atom stereocenters. The summed E-state index contributed by atoms with van der Waals surface area (Å²) in [5.74, 6) is 0.961. The summed E-state index contributed by atoms with van der Waals surface area (Å²) in [6, 6.07) is 5.46. The quantitative estimate of drug-likeness (QED) is 0.919. The summed E-state index contributed by atoms with van der Waals surface area (Å²) in [5.41, 5.74) is 7.49. The number of amides is 1. The molecule has 0 aliphatic carbocycles. The van der Waals surface area contributed by atoms with Crippen LogP contribution in [0.5, 0.6) is 0 Å². The lowest BCUT2D eigenvalue weighted by Crippen LogP contribution is -2.44. The highest BCUT2D eigenvalue weighted by Crippen LogP contribution is 2.38. The summed E-state index contributed by atoms with van der Waals surface area (Å²) in [7, 11) is 0. The smallest absolute Gasteiger partial charge is 0.273 e. The van der Waals surface area contributed by atoms with Crippen LogP contribution in [0.3, 0.4) is 0 Å². The molecule has 0 spiro atoms. The number of nitrogens with two attached hydrogens (primary N) is 1. The molecule has 2 aromatic heterocycles. The minimum absolute atomic E-state index is 0.0771. The average molecular weight is 311 g/mol. The van der Waals surface area contributed by atoms with Gasteiger partial charge in [0.2, 0.25) is 0 Å². The van der Waals surface area contributed by atoms with Gasteiger partial charge in [0.25, 0.3) is 5.91 Å². The summed E-state index contributed by atoms with van der Waals surface area (Å²) in [6.45, 7) is 6.46. The van der Waals surface area contributed by atoms with Gasteiger partial charge >= 0.3 is 0 Å². The number of nitrogen functional groups attached to an aromatic ring is 1. The number of aromatic nitrogens is 3. The van der Waals surface area contributed by atoms with Crippen molar-refractivity contribution < 1.29 is 4.79 Å². The number of aryl methyl sites for hydroxylation is 2. The molecule has 1 unspecified atom stereocenters. The van der Waals surface area contributed by atoms with Crippen molar-refractivity contribution in [2.75, 3.05) is 12.3 Å². The van der Waals surface area contributed by atoms with Gasteiger partial charge in [-0.3, -0.25) is 9.78 Å². The molecule has 1 aliphatic heterocycles. The van der Waals surface area contributed by atoms with Crippen LogP contribution in [0, 0.1) is 13.8 Å². The van der Waals surface area contributed by atoms with Crippen molar-refractivity contribution in [3.8, 4) is 0 Å². The van der Waals surface area contributed by atoms with Crippen LogP contribution in [0.4, 0.5) is 5.82 Å². The number of nitrogens with zero attached hydrogens (tertiary/aromatic N) is 4. The average Bonchev–Trinajstić information content (AvgIpc) is 2.89. The topological polar surface area (TPSA) is 85.0 Å². The molecule has 1 aliphatic rings. The first-order valence-electron chi connectivity index (χ1n) is 7.77. The van der Waals surface area contributed by atoms with E-state index in [1.54, 1.807) is 12.3 Å². The minimum atomic E-state index is -0.554. The zero-order valence-electron chi connectivity index (χ0n) is 13.7. The molecule has 0 aromatic carbocycles. The van der Waals surface area contributed by atoms with E-state index in [9.17, 15) is 4.79 Å². The van der Waals surface area contributed by atoms with Gasteiger partial charge in [-0.15, -0.1) is 0 Å². The van der Waals surface area contributed by atoms with Crippen LogP contribution < -0.4 is 5.73 Å². The fourth-order valence-corrected chi connectivity index (χ4v) is 3.19. The Bertz CT molecular complexity index is 740. The maximum atomic E-state index is 13.0. The molecule has 3 rings (SSSR count). The van der Waals surface area contributed by atoms with Gasteiger partial charge in [0.1, 0.15) is 17.1 Å². The molecular formula is C17H21N5O. The van der Waals surface area contributed by atoms with Crippen molar-refractivity contribution in [2.24, 2.45) is 0 Å². The van der Waals surface area contributed by atoms with E-state index in [4.69, 9.17) is 5.73 Å². The highest BCUT2D eigenvalue weighted by atomic mass is 16.2. The molecule has 0 saturated carbocycles. The van der Waals surface area contributed by atoms with E-state index in [1.807, 2.05) is 37.8 Å². The van der Waals surface area contributed by atoms with Crippen molar-refractivity contribution in [2.45, 2.75) is 39.2 Å². The SMILES string of the molecule is Cc1cc(N)nc(C2(C)CCCN2C(=O)c2ncccc2C)n1. The number of anilines is 1. The zero-order chi connectivity index (χ0) is 16.6. The molecule has 23 heavy (non-hydrogen) atoms. The van der Waals surface area contributed by atoms with E-state index < -0.39 is 5.54 Å². The predicted molar refractivity (Wildman–Crippen MR) is 87.8 cm³/mol. The first kappa shape index (κ1) is 15.4. The second kappa shape index (κ2) is 5.61. The largest absolute Gasteiger partial charge is 0.384 e. The Morgan fingerprint density at radius 1 is 1.35 bits per heavy atom. The van der Waals surface area contributed by atoms with Crippen LogP contribution in [0.1, 0.15) is 47.3 Å². The maximum Gasteiger partial charge on any atom is 0.273 e. The van der Waals surface area contributed by atoms with E-state index in [1.165, 1.54) is 0 Å². The monoisotopic (exact) mass is 311 g/mol. The Balaban J connectivity index is 2.02.